The number of aryl methyl sites for hydroxylation is 2. The zero-order valence-electron chi connectivity index (χ0n) is 14.2. The molecule has 0 atom stereocenters. The number of hydrogen-bond acceptors (Lipinski definition) is 3. The van der Waals surface area contributed by atoms with Crippen LogP contribution in [0.4, 0.5) is 0 Å². The van der Waals surface area contributed by atoms with Crippen molar-refractivity contribution in [2.45, 2.75) is 13.8 Å². The van der Waals surface area contributed by atoms with E-state index in [1.807, 2.05) is 36.4 Å². The van der Waals surface area contributed by atoms with Crippen molar-refractivity contribution in [2.24, 2.45) is 0 Å². The molecule has 0 spiro atoms. The molecule has 0 aliphatic heterocycles. The fraction of sp³-hybridized carbons (Fsp3) is 0.0952. The number of ketones is 2. The molecule has 5 heteroatoms. The van der Waals surface area contributed by atoms with Crippen molar-refractivity contribution in [1.29, 1.82) is 0 Å². The van der Waals surface area contributed by atoms with Crippen LogP contribution in [0.5, 0.6) is 0 Å². The van der Waals surface area contributed by atoms with Crippen molar-refractivity contribution in [1.82, 2.24) is 4.98 Å². The van der Waals surface area contributed by atoms with Crippen LogP contribution in [-0.2, 0) is 0 Å². The van der Waals surface area contributed by atoms with Gasteiger partial charge in [-0.2, -0.15) is 0 Å². The number of nitrogens with zero attached hydrogens (tertiary/aromatic N) is 1. The molecule has 0 radical (unpaired) electrons. The minimum atomic E-state index is -0.163. The molecule has 0 N–H and O–H groups in total. The van der Waals surface area contributed by atoms with Gasteiger partial charge in [-0.1, -0.05) is 56.1 Å². The van der Waals surface area contributed by atoms with Crippen LogP contribution < -0.4 is 0 Å². The lowest BCUT2D eigenvalue weighted by atomic mass is 9.96. The Balaban J connectivity index is 2.11. The number of rotatable bonds is 4. The van der Waals surface area contributed by atoms with E-state index in [1.54, 1.807) is 32.0 Å². The van der Waals surface area contributed by atoms with Gasteiger partial charge in [0.1, 0.15) is 0 Å². The first-order valence-electron chi connectivity index (χ1n) is 7.97. The van der Waals surface area contributed by atoms with Gasteiger partial charge in [0, 0.05) is 42.6 Å². The van der Waals surface area contributed by atoms with Crippen LogP contribution in [-0.4, -0.2) is 16.6 Å². The van der Waals surface area contributed by atoms with Gasteiger partial charge in [0.05, 0.1) is 0 Å². The third-order valence-corrected chi connectivity index (χ3v) is 5.51. The van der Waals surface area contributed by atoms with Crippen LogP contribution >= 0.6 is 31.9 Å². The lowest BCUT2D eigenvalue weighted by molar-refractivity contribution is 0.103. The third-order valence-electron chi connectivity index (χ3n) is 4.13. The molecule has 0 unspecified atom stereocenters. The van der Waals surface area contributed by atoms with Gasteiger partial charge in [0.2, 0.25) is 0 Å². The number of carbonyl (C=O) groups excluding carboxylic acids is 2. The summed E-state index contributed by atoms with van der Waals surface area (Å²) in [6.45, 7) is 3.56. The van der Waals surface area contributed by atoms with Gasteiger partial charge in [0.15, 0.2) is 11.6 Å². The van der Waals surface area contributed by atoms with Crippen LogP contribution in [0.2, 0.25) is 0 Å². The summed E-state index contributed by atoms with van der Waals surface area (Å²) in [5, 5.41) is 0. The Morgan fingerprint density at radius 3 is 1.46 bits per heavy atom. The minimum absolute atomic E-state index is 0.163. The molecule has 130 valence electrons. The predicted octanol–water partition coefficient (Wildman–Crippen LogP) is 5.69. The second-order valence-electron chi connectivity index (χ2n) is 5.87. The molecule has 26 heavy (non-hydrogen) atoms. The molecule has 3 nitrogen and oxygen atoms in total. The molecule has 0 saturated carbocycles. The molecule has 2 aromatic carbocycles. The molecular weight excluding hydrogens is 458 g/mol. The van der Waals surface area contributed by atoms with Crippen molar-refractivity contribution >= 4 is 43.4 Å². The monoisotopic (exact) mass is 471 g/mol. The Morgan fingerprint density at radius 1 is 0.692 bits per heavy atom. The van der Waals surface area contributed by atoms with Gasteiger partial charge >= 0.3 is 0 Å². The Bertz CT molecular complexity index is 950. The first kappa shape index (κ1) is 18.7. The molecule has 1 aromatic heterocycles. The molecular formula is C21H15Br2NO2. The fourth-order valence-electron chi connectivity index (χ4n) is 2.77. The Hall–Kier alpha value is -2.11. The SMILES string of the molecule is Cc1nc(C)c(C(=O)c2ccccc2Br)cc1C(=O)c1ccccc1Br. The molecule has 0 aliphatic rings. The second kappa shape index (κ2) is 7.64. The Kier molecular flexibility index (Phi) is 5.49. The normalized spacial score (nSPS) is 10.6. The van der Waals surface area contributed by atoms with E-state index in [2.05, 4.69) is 36.8 Å². The molecule has 0 fully saturated rings. The number of carbonyl (C=O) groups is 2. The van der Waals surface area contributed by atoms with Crippen molar-refractivity contribution in [2.75, 3.05) is 0 Å². The predicted molar refractivity (Wildman–Crippen MR) is 109 cm³/mol. The zero-order chi connectivity index (χ0) is 18.8. The summed E-state index contributed by atoms with van der Waals surface area (Å²) in [7, 11) is 0. The average Bonchev–Trinajstić information content (AvgIpc) is 2.61. The summed E-state index contributed by atoms with van der Waals surface area (Å²) in [6.07, 6.45) is 0. The van der Waals surface area contributed by atoms with E-state index in [1.165, 1.54) is 0 Å². The van der Waals surface area contributed by atoms with E-state index >= 15 is 0 Å². The first-order valence-corrected chi connectivity index (χ1v) is 9.55. The van der Waals surface area contributed by atoms with Crippen LogP contribution in [0.1, 0.15) is 43.2 Å². The molecule has 0 bridgehead atoms. The van der Waals surface area contributed by atoms with E-state index in [0.29, 0.717) is 42.6 Å². The van der Waals surface area contributed by atoms with Gasteiger partial charge in [-0.05, 0) is 44.2 Å². The smallest absolute Gasteiger partial charge is 0.196 e. The van der Waals surface area contributed by atoms with Crippen molar-refractivity contribution in [3.05, 3.63) is 97.2 Å². The summed E-state index contributed by atoms with van der Waals surface area (Å²) in [5.41, 5.74) is 3.15. The number of benzene rings is 2. The number of halogens is 2. The van der Waals surface area contributed by atoms with Crippen LogP contribution in [0.3, 0.4) is 0 Å². The second-order valence-corrected chi connectivity index (χ2v) is 7.58. The third kappa shape index (κ3) is 3.55. The average molecular weight is 473 g/mol. The minimum Gasteiger partial charge on any atom is -0.288 e. The summed E-state index contributed by atoms with van der Waals surface area (Å²) >= 11 is 6.83. The topological polar surface area (TPSA) is 47.0 Å². The van der Waals surface area contributed by atoms with E-state index in [0.717, 1.165) is 0 Å². The lowest BCUT2D eigenvalue weighted by Crippen LogP contribution is -2.12. The molecule has 0 saturated heterocycles. The summed E-state index contributed by atoms with van der Waals surface area (Å²) in [4.78, 5) is 30.4. The fourth-order valence-corrected chi connectivity index (χ4v) is 3.70. The number of hydrogen-bond donors (Lipinski definition) is 0. The highest BCUT2D eigenvalue weighted by Gasteiger charge is 2.21. The van der Waals surface area contributed by atoms with Gasteiger partial charge < -0.3 is 0 Å². The molecule has 1 heterocycles. The molecule has 0 aliphatic carbocycles. The van der Waals surface area contributed by atoms with E-state index in [4.69, 9.17) is 0 Å². The number of aromatic nitrogens is 1. The van der Waals surface area contributed by atoms with Gasteiger partial charge in [0.25, 0.3) is 0 Å². The molecule has 3 rings (SSSR count). The van der Waals surface area contributed by atoms with Gasteiger partial charge in [-0.15, -0.1) is 0 Å². The van der Waals surface area contributed by atoms with Gasteiger partial charge in [-0.3, -0.25) is 14.6 Å². The number of pyridine rings is 1. The first-order chi connectivity index (χ1) is 12.4. The van der Waals surface area contributed by atoms with Gasteiger partial charge in [-0.25, -0.2) is 0 Å². The quantitative estimate of drug-likeness (QED) is 0.458. The molecule has 3 aromatic rings. The molecule has 0 amide bonds. The maximum absolute atomic E-state index is 13.0. The highest BCUT2D eigenvalue weighted by Crippen LogP contribution is 2.25. The Morgan fingerprint density at radius 2 is 1.08 bits per heavy atom. The maximum atomic E-state index is 13.0. The Labute approximate surface area is 168 Å². The summed E-state index contributed by atoms with van der Waals surface area (Å²) in [6, 6.07) is 16.1. The van der Waals surface area contributed by atoms with Crippen LogP contribution in [0, 0.1) is 13.8 Å². The summed E-state index contributed by atoms with van der Waals surface area (Å²) < 4.78 is 1.42. The zero-order valence-corrected chi connectivity index (χ0v) is 17.4. The maximum Gasteiger partial charge on any atom is 0.196 e. The standard InChI is InChI=1S/C21H15Br2NO2/c1-12-16(20(25)14-7-3-5-9-18(14)22)11-17(13(2)24-12)21(26)15-8-4-6-10-19(15)23/h3-11H,1-2H3. The van der Waals surface area contributed by atoms with Crippen molar-refractivity contribution < 1.29 is 9.59 Å². The van der Waals surface area contributed by atoms with Crippen LogP contribution in [0.15, 0.2) is 63.5 Å². The highest BCUT2D eigenvalue weighted by atomic mass is 79.9. The van der Waals surface area contributed by atoms with E-state index < -0.39 is 0 Å². The van der Waals surface area contributed by atoms with Crippen molar-refractivity contribution in [3.8, 4) is 0 Å². The highest BCUT2D eigenvalue weighted by molar-refractivity contribution is 9.10. The largest absolute Gasteiger partial charge is 0.288 e. The van der Waals surface area contributed by atoms with Crippen LogP contribution in [0.25, 0.3) is 0 Å². The van der Waals surface area contributed by atoms with E-state index in [9.17, 15) is 9.59 Å². The lowest BCUT2D eigenvalue weighted by Gasteiger charge is -2.12. The van der Waals surface area contributed by atoms with Crippen molar-refractivity contribution in [3.63, 3.8) is 0 Å². The summed E-state index contributed by atoms with van der Waals surface area (Å²) in [5.74, 6) is -0.327. The van der Waals surface area contributed by atoms with E-state index in [-0.39, 0.29) is 11.6 Å².